The van der Waals surface area contributed by atoms with E-state index < -0.39 is 11.9 Å². The summed E-state index contributed by atoms with van der Waals surface area (Å²) in [6, 6.07) is 8.94. The van der Waals surface area contributed by atoms with E-state index in [2.05, 4.69) is 0 Å². The van der Waals surface area contributed by atoms with Crippen LogP contribution in [0.2, 0.25) is 5.02 Å². The van der Waals surface area contributed by atoms with E-state index in [0.29, 0.717) is 22.0 Å². The monoisotopic (exact) mass is 281 g/mol. The van der Waals surface area contributed by atoms with Gasteiger partial charge in [-0.1, -0.05) is 17.7 Å². The van der Waals surface area contributed by atoms with Gasteiger partial charge in [0.1, 0.15) is 17.7 Å². The predicted octanol–water partition coefficient (Wildman–Crippen LogP) is 3.15. The first kappa shape index (κ1) is 13.6. The van der Waals surface area contributed by atoms with Crippen LogP contribution in [0.15, 0.2) is 36.4 Å². The molecule has 0 saturated carbocycles. The molecule has 3 nitrogen and oxygen atoms in total. The van der Waals surface area contributed by atoms with Gasteiger partial charge in [-0.15, -0.1) is 0 Å². The van der Waals surface area contributed by atoms with Crippen molar-refractivity contribution in [3.63, 3.8) is 0 Å². The fraction of sp³-hybridized carbons (Fsp3) is 0.143. The third-order valence-electron chi connectivity index (χ3n) is 2.85. The van der Waals surface area contributed by atoms with Crippen LogP contribution in [0, 0.1) is 5.82 Å². The Balaban J connectivity index is 2.41. The normalized spacial score (nSPS) is 12.2. The van der Waals surface area contributed by atoms with Crippen LogP contribution >= 0.6 is 11.6 Å². The van der Waals surface area contributed by atoms with Crippen molar-refractivity contribution in [1.29, 1.82) is 0 Å². The van der Waals surface area contributed by atoms with Crippen molar-refractivity contribution in [1.82, 2.24) is 0 Å². The molecule has 100 valence electrons. The maximum atomic E-state index is 13.9. The molecule has 1 atom stereocenters. The number of hydrogen-bond acceptors (Lipinski definition) is 3. The maximum Gasteiger partial charge on any atom is 0.133 e. The largest absolute Gasteiger partial charge is 0.497 e. The van der Waals surface area contributed by atoms with E-state index in [-0.39, 0.29) is 5.56 Å². The summed E-state index contributed by atoms with van der Waals surface area (Å²) in [4.78, 5) is 0. The summed E-state index contributed by atoms with van der Waals surface area (Å²) in [5.41, 5.74) is 6.63. The zero-order valence-corrected chi connectivity index (χ0v) is 11.0. The van der Waals surface area contributed by atoms with E-state index in [1.807, 2.05) is 0 Å². The molecule has 0 saturated heterocycles. The number of aliphatic hydroxyl groups excluding tert-OH is 1. The average molecular weight is 282 g/mol. The lowest BCUT2D eigenvalue weighted by molar-refractivity contribution is 0.215. The van der Waals surface area contributed by atoms with E-state index in [1.165, 1.54) is 25.3 Å². The second kappa shape index (κ2) is 5.47. The molecule has 0 fully saturated rings. The number of anilines is 1. The van der Waals surface area contributed by atoms with Crippen molar-refractivity contribution in [3.8, 4) is 5.75 Å². The lowest BCUT2D eigenvalue weighted by Gasteiger charge is -2.15. The summed E-state index contributed by atoms with van der Waals surface area (Å²) in [6.07, 6.45) is -1.15. The van der Waals surface area contributed by atoms with Gasteiger partial charge >= 0.3 is 0 Å². The highest BCUT2D eigenvalue weighted by Crippen LogP contribution is 2.31. The number of ether oxygens (including phenoxy) is 1. The molecule has 2 rings (SSSR count). The summed E-state index contributed by atoms with van der Waals surface area (Å²) < 4.78 is 18.8. The fourth-order valence-corrected chi connectivity index (χ4v) is 2.00. The number of nitrogens with two attached hydrogens (primary N) is 1. The highest BCUT2D eigenvalue weighted by molar-refractivity contribution is 6.30. The van der Waals surface area contributed by atoms with Crippen LogP contribution in [-0.2, 0) is 0 Å². The number of benzene rings is 2. The molecule has 0 heterocycles. The van der Waals surface area contributed by atoms with Crippen molar-refractivity contribution >= 4 is 17.3 Å². The third kappa shape index (κ3) is 2.80. The van der Waals surface area contributed by atoms with Crippen molar-refractivity contribution in [2.24, 2.45) is 0 Å². The van der Waals surface area contributed by atoms with Crippen LogP contribution in [0.3, 0.4) is 0 Å². The van der Waals surface area contributed by atoms with Gasteiger partial charge in [0.25, 0.3) is 0 Å². The SMILES string of the molecule is COc1ccc(C(O)c2ccc(Cl)cc2N)c(F)c1. The van der Waals surface area contributed by atoms with Crippen LogP contribution in [-0.4, -0.2) is 12.2 Å². The predicted molar refractivity (Wildman–Crippen MR) is 72.9 cm³/mol. The Hall–Kier alpha value is -1.78. The Morgan fingerprint density at radius 3 is 2.47 bits per heavy atom. The van der Waals surface area contributed by atoms with Crippen LogP contribution in [0.4, 0.5) is 10.1 Å². The topological polar surface area (TPSA) is 55.5 Å². The van der Waals surface area contributed by atoms with Crippen LogP contribution < -0.4 is 10.5 Å². The molecule has 0 aliphatic carbocycles. The van der Waals surface area contributed by atoms with Gasteiger partial charge < -0.3 is 15.6 Å². The van der Waals surface area contributed by atoms with E-state index in [0.717, 1.165) is 0 Å². The number of hydrogen-bond donors (Lipinski definition) is 2. The van der Waals surface area contributed by atoms with Crippen LogP contribution in [0.5, 0.6) is 5.75 Å². The lowest BCUT2D eigenvalue weighted by Crippen LogP contribution is -2.06. The molecule has 5 heteroatoms. The van der Waals surface area contributed by atoms with Crippen LogP contribution in [0.25, 0.3) is 0 Å². The third-order valence-corrected chi connectivity index (χ3v) is 3.08. The highest BCUT2D eigenvalue weighted by Gasteiger charge is 2.18. The lowest BCUT2D eigenvalue weighted by atomic mass is 9.99. The van der Waals surface area contributed by atoms with Gasteiger partial charge in [-0.3, -0.25) is 0 Å². The average Bonchev–Trinajstić information content (AvgIpc) is 2.37. The zero-order valence-electron chi connectivity index (χ0n) is 10.2. The Morgan fingerprint density at radius 2 is 1.89 bits per heavy atom. The number of halogens is 2. The molecule has 0 radical (unpaired) electrons. The van der Waals surface area contributed by atoms with E-state index in [9.17, 15) is 9.50 Å². The molecular weight excluding hydrogens is 269 g/mol. The minimum absolute atomic E-state index is 0.134. The Morgan fingerprint density at radius 1 is 1.21 bits per heavy atom. The molecule has 1 unspecified atom stereocenters. The number of nitrogen functional groups attached to an aromatic ring is 1. The van der Waals surface area contributed by atoms with Gasteiger partial charge in [0.05, 0.1) is 7.11 Å². The van der Waals surface area contributed by atoms with Gasteiger partial charge in [0.2, 0.25) is 0 Å². The first-order valence-corrected chi connectivity index (χ1v) is 5.97. The Bertz CT molecular complexity index is 604. The first-order valence-electron chi connectivity index (χ1n) is 5.59. The molecule has 0 spiro atoms. The molecule has 3 N–H and O–H groups in total. The molecule has 0 aromatic heterocycles. The summed E-state index contributed by atoms with van der Waals surface area (Å²) in [6.45, 7) is 0. The fourth-order valence-electron chi connectivity index (χ4n) is 1.82. The molecular formula is C14H13ClFNO2. The van der Waals surface area contributed by atoms with Crippen LogP contribution in [0.1, 0.15) is 17.2 Å². The molecule has 2 aromatic carbocycles. The second-order valence-electron chi connectivity index (χ2n) is 4.06. The Kier molecular flexibility index (Phi) is 3.93. The summed E-state index contributed by atoms with van der Waals surface area (Å²) in [5, 5.41) is 10.7. The molecule has 0 amide bonds. The van der Waals surface area contributed by atoms with E-state index in [4.69, 9.17) is 22.1 Å². The van der Waals surface area contributed by atoms with E-state index >= 15 is 0 Å². The minimum Gasteiger partial charge on any atom is -0.497 e. The van der Waals surface area contributed by atoms with Gasteiger partial charge in [0.15, 0.2) is 0 Å². The summed E-state index contributed by atoms with van der Waals surface area (Å²) in [5.74, 6) is -0.168. The van der Waals surface area contributed by atoms with Gasteiger partial charge in [-0.05, 0) is 24.3 Å². The standard InChI is InChI=1S/C14H13ClFNO2/c1-19-9-3-5-10(12(16)7-9)14(18)11-4-2-8(15)6-13(11)17/h2-7,14,18H,17H2,1H3. The van der Waals surface area contributed by atoms with E-state index in [1.54, 1.807) is 18.2 Å². The minimum atomic E-state index is -1.15. The molecule has 0 bridgehead atoms. The smallest absolute Gasteiger partial charge is 0.133 e. The van der Waals surface area contributed by atoms with Gasteiger partial charge in [0, 0.05) is 27.9 Å². The van der Waals surface area contributed by atoms with Crippen molar-refractivity contribution in [3.05, 3.63) is 58.4 Å². The van der Waals surface area contributed by atoms with Gasteiger partial charge in [-0.2, -0.15) is 0 Å². The molecule has 0 aliphatic rings. The number of rotatable bonds is 3. The number of aliphatic hydroxyl groups is 1. The maximum absolute atomic E-state index is 13.9. The van der Waals surface area contributed by atoms with Crippen molar-refractivity contribution in [2.75, 3.05) is 12.8 Å². The highest BCUT2D eigenvalue weighted by atomic mass is 35.5. The molecule has 2 aromatic rings. The Labute approximate surface area is 115 Å². The first-order chi connectivity index (χ1) is 9.02. The summed E-state index contributed by atoms with van der Waals surface area (Å²) >= 11 is 5.79. The second-order valence-corrected chi connectivity index (χ2v) is 4.50. The summed E-state index contributed by atoms with van der Waals surface area (Å²) in [7, 11) is 1.45. The quantitative estimate of drug-likeness (QED) is 0.850. The molecule has 0 aliphatic heterocycles. The van der Waals surface area contributed by atoms with Crippen molar-refractivity contribution in [2.45, 2.75) is 6.10 Å². The zero-order chi connectivity index (χ0) is 14.0. The van der Waals surface area contributed by atoms with Gasteiger partial charge in [-0.25, -0.2) is 4.39 Å². The number of methoxy groups -OCH3 is 1. The molecule has 19 heavy (non-hydrogen) atoms. The van der Waals surface area contributed by atoms with Crippen molar-refractivity contribution < 1.29 is 14.2 Å².